The monoisotopic (exact) mass is 390 g/mol. The average Bonchev–Trinajstić information content (AvgIpc) is 2.42. The van der Waals surface area contributed by atoms with E-state index >= 15 is 0 Å². The molecule has 2 aliphatic carbocycles. The molecule has 2 unspecified atom stereocenters. The molecule has 0 spiro atoms. The molecule has 1 aromatic carbocycles. The van der Waals surface area contributed by atoms with Crippen LogP contribution in [0.1, 0.15) is 42.5 Å². The number of fused-ring (bicyclic) bond motifs is 2. The van der Waals surface area contributed by atoms with E-state index in [1.165, 1.54) is 24.6 Å². The first-order valence-electron chi connectivity index (χ1n) is 7.56. The van der Waals surface area contributed by atoms with E-state index in [0.717, 1.165) is 25.7 Å². The van der Waals surface area contributed by atoms with Gasteiger partial charge < -0.3 is 11.1 Å². The highest BCUT2D eigenvalue weighted by Crippen LogP contribution is 2.39. The largest absolute Gasteiger partial charge is 0.349 e. The highest BCUT2D eigenvalue weighted by Gasteiger charge is 2.39. The molecule has 0 aliphatic heterocycles. The molecule has 3 rings (SSSR count). The van der Waals surface area contributed by atoms with Crippen molar-refractivity contribution < 1.29 is 9.18 Å². The topological polar surface area (TPSA) is 55.1 Å². The Bertz CT molecular complexity index is 543. The summed E-state index contributed by atoms with van der Waals surface area (Å²) in [6.07, 6.45) is 5.50. The van der Waals surface area contributed by atoms with E-state index in [1.54, 1.807) is 0 Å². The summed E-state index contributed by atoms with van der Waals surface area (Å²) in [5.41, 5.74) is 6.60. The van der Waals surface area contributed by atoms with Crippen LogP contribution in [0.3, 0.4) is 0 Å². The number of benzene rings is 1. The summed E-state index contributed by atoms with van der Waals surface area (Å²) in [5.74, 6) is 0.501. The molecule has 6 heteroatoms. The van der Waals surface area contributed by atoms with Crippen molar-refractivity contribution in [1.82, 2.24) is 5.32 Å². The maximum atomic E-state index is 13.3. The van der Waals surface area contributed by atoms with Crippen LogP contribution in [0.25, 0.3) is 0 Å². The van der Waals surface area contributed by atoms with Gasteiger partial charge in [0.2, 0.25) is 0 Å². The molecule has 3 nitrogen and oxygen atoms in total. The maximum absolute atomic E-state index is 13.3. The third-order valence-corrected chi connectivity index (χ3v) is 5.46. The number of nitrogens with one attached hydrogen (secondary N) is 1. The van der Waals surface area contributed by atoms with E-state index < -0.39 is 0 Å². The van der Waals surface area contributed by atoms with E-state index in [4.69, 9.17) is 5.73 Å². The Balaban J connectivity index is 0.00000176. The summed E-state index contributed by atoms with van der Waals surface area (Å²) in [5, 5.41) is 3.17. The van der Waals surface area contributed by atoms with E-state index in [1.807, 2.05) is 0 Å². The summed E-state index contributed by atoms with van der Waals surface area (Å²) < 4.78 is 13.6. The summed E-state index contributed by atoms with van der Waals surface area (Å²) in [7, 11) is 0. The lowest BCUT2D eigenvalue weighted by Crippen LogP contribution is -2.53. The number of hydrogen-bond acceptors (Lipinski definition) is 2. The third kappa shape index (κ3) is 3.63. The maximum Gasteiger partial charge on any atom is 0.251 e. The molecule has 2 bridgehead atoms. The molecule has 2 saturated carbocycles. The Morgan fingerprint density at radius 1 is 1.27 bits per heavy atom. The Kier molecular flexibility index (Phi) is 5.86. The molecule has 0 saturated heterocycles. The smallest absolute Gasteiger partial charge is 0.251 e. The molecular weight excluding hydrogens is 371 g/mol. The summed E-state index contributed by atoms with van der Waals surface area (Å²) in [4.78, 5) is 12.4. The number of carbonyl (C=O) groups excluding carboxylic acids is 1. The zero-order valence-electron chi connectivity index (χ0n) is 12.2. The predicted molar refractivity (Wildman–Crippen MR) is 90.6 cm³/mol. The second kappa shape index (κ2) is 7.28. The first-order chi connectivity index (χ1) is 10.0. The molecule has 0 aromatic heterocycles. The highest BCUT2D eigenvalue weighted by atomic mass is 79.9. The van der Waals surface area contributed by atoms with E-state index in [0.29, 0.717) is 21.9 Å². The van der Waals surface area contributed by atoms with Crippen LogP contribution in [0.5, 0.6) is 0 Å². The van der Waals surface area contributed by atoms with Crippen molar-refractivity contribution in [3.05, 3.63) is 34.1 Å². The quantitative estimate of drug-likeness (QED) is 0.808. The number of halogens is 3. The molecule has 0 radical (unpaired) electrons. The van der Waals surface area contributed by atoms with Crippen molar-refractivity contribution in [3.8, 4) is 0 Å². The van der Waals surface area contributed by atoms with Crippen LogP contribution in [0.15, 0.2) is 22.7 Å². The van der Waals surface area contributed by atoms with E-state index in [9.17, 15) is 9.18 Å². The minimum Gasteiger partial charge on any atom is -0.349 e. The van der Waals surface area contributed by atoms with Crippen molar-refractivity contribution >= 4 is 34.2 Å². The molecule has 0 heterocycles. The first kappa shape index (κ1) is 17.7. The van der Waals surface area contributed by atoms with Gasteiger partial charge in [-0.25, -0.2) is 4.39 Å². The van der Waals surface area contributed by atoms with Gasteiger partial charge in [-0.1, -0.05) is 6.42 Å². The molecule has 3 N–H and O–H groups in total. The predicted octanol–water partition coefficient (Wildman–Crippen LogP) is 3.65. The summed E-state index contributed by atoms with van der Waals surface area (Å²) in [6, 6.07) is 4.87. The van der Waals surface area contributed by atoms with Crippen LogP contribution in [0.4, 0.5) is 4.39 Å². The number of nitrogens with two attached hydrogens (primary N) is 1. The Morgan fingerprint density at radius 3 is 2.50 bits per heavy atom. The van der Waals surface area contributed by atoms with Crippen molar-refractivity contribution in [2.45, 2.75) is 44.2 Å². The molecule has 2 fully saturated rings. The number of amides is 1. The van der Waals surface area contributed by atoms with Gasteiger partial charge in [-0.15, -0.1) is 12.4 Å². The fraction of sp³-hybridized carbons (Fsp3) is 0.562. The second-order valence-corrected chi connectivity index (χ2v) is 7.17. The molecule has 1 amide bonds. The zero-order valence-corrected chi connectivity index (χ0v) is 14.6. The fourth-order valence-corrected chi connectivity index (χ4v) is 4.28. The zero-order chi connectivity index (χ0) is 15.0. The van der Waals surface area contributed by atoms with Crippen molar-refractivity contribution in [2.24, 2.45) is 17.6 Å². The summed E-state index contributed by atoms with van der Waals surface area (Å²) >= 11 is 3.12. The molecule has 2 aliphatic rings. The summed E-state index contributed by atoms with van der Waals surface area (Å²) in [6.45, 7) is 0. The van der Waals surface area contributed by atoms with Gasteiger partial charge >= 0.3 is 0 Å². The average molecular weight is 392 g/mol. The number of hydrogen-bond donors (Lipinski definition) is 2. The SMILES string of the molecule is Cl.NC1CC2CCCC(C1)C2NC(=O)c1ccc(F)c(Br)c1. The molecule has 22 heavy (non-hydrogen) atoms. The molecule has 122 valence electrons. The van der Waals surface area contributed by atoms with Gasteiger partial charge in [0.15, 0.2) is 0 Å². The van der Waals surface area contributed by atoms with Crippen LogP contribution in [-0.4, -0.2) is 18.0 Å². The van der Waals surface area contributed by atoms with Gasteiger partial charge in [-0.3, -0.25) is 4.79 Å². The van der Waals surface area contributed by atoms with Crippen molar-refractivity contribution in [1.29, 1.82) is 0 Å². The Hall–Kier alpha value is -0.650. The number of rotatable bonds is 2. The fourth-order valence-electron chi connectivity index (χ4n) is 3.90. The lowest BCUT2D eigenvalue weighted by molar-refractivity contribution is 0.0756. The van der Waals surface area contributed by atoms with Gasteiger partial charge in [0.05, 0.1) is 4.47 Å². The third-order valence-electron chi connectivity index (χ3n) is 4.86. The van der Waals surface area contributed by atoms with Crippen molar-refractivity contribution in [2.75, 3.05) is 0 Å². The van der Waals surface area contributed by atoms with Crippen LogP contribution in [-0.2, 0) is 0 Å². The van der Waals surface area contributed by atoms with Gasteiger partial charge in [-0.2, -0.15) is 0 Å². The molecular formula is C16H21BrClFN2O. The van der Waals surface area contributed by atoms with Gasteiger partial charge in [-0.05, 0) is 71.6 Å². The van der Waals surface area contributed by atoms with Gasteiger partial charge in [0.1, 0.15) is 5.82 Å². The number of carbonyl (C=O) groups is 1. The van der Waals surface area contributed by atoms with E-state index in [-0.39, 0.29) is 36.2 Å². The van der Waals surface area contributed by atoms with Crippen LogP contribution >= 0.6 is 28.3 Å². The highest BCUT2D eigenvalue weighted by molar-refractivity contribution is 9.10. The Morgan fingerprint density at radius 2 is 1.91 bits per heavy atom. The standard InChI is InChI=1S/C16H20BrFN2O.ClH/c17-13-8-11(4-5-14(13)18)16(21)20-15-9-2-1-3-10(15)7-12(19)6-9;/h4-5,8-10,12,15H,1-3,6-7,19H2,(H,20,21);1H. The molecule has 2 atom stereocenters. The first-order valence-corrected chi connectivity index (χ1v) is 8.35. The van der Waals surface area contributed by atoms with Gasteiger partial charge in [0, 0.05) is 17.6 Å². The lowest BCUT2D eigenvalue weighted by atomic mass is 9.67. The minimum absolute atomic E-state index is 0. The van der Waals surface area contributed by atoms with Gasteiger partial charge in [0.25, 0.3) is 5.91 Å². The van der Waals surface area contributed by atoms with E-state index in [2.05, 4.69) is 21.2 Å². The molecule has 1 aromatic rings. The minimum atomic E-state index is -0.355. The normalized spacial score (nSPS) is 30.3. The van der Waals surface area contributed by atoms with Crippen LogP contribution < -0.4 is 11.1 Å². The van der Waals surface area contributed by atoms with Crippen molar-refractivity contribution in [3.63, 3.8) is 0 Å². The lowest BCUT2D eigenvalue weighted by Gasteiger charge is -2.45. The second-order valence-electron chi connectivity index (χ2n) is 6.31. The van der Waals surface area contributed by atoms with Crippen LogP contribution in [0.2, 0.25) is 0 Å². The Labute approximate surface area is 144 Å². The van der Waals surface area contributed by atoms with Crippen LogP contribution in [0, 0.1) is 17.7 Å².